The van der Waals surface area contributed by atoms with Crippen molar-refractivity contribution in [2.24, 2.45) is 0 Å². The number of non-ortho nitro benzene ring substituents is 1. The van der Waals surface area contributed by atoms with Gasteiger partial charge in [-0.15, -0.1) is 0 Å². The lowest BCUT2D eigenvalue weighted by Gasteiger charge is -2.02. The van der Waals surface area contributed by atoms with Crippen molar-refractivity contribution >= 4 is 5.69 Å². The number of hydrogen-bond donors (Lipinski definition) is 0. The summed E-state index contributed by atoms with van der Waals surface area (Å²) in [4.78, 5) is 9.55. The molecule has 0 N–H and O–H groups in total. The van der Waals surface area contributed by atoms with Gasteiger partial charge in [-0.25, -0.2) is 4.39 Å². The van der Waals surface area contributed by atoms with Gasteiger partial charge < -0.3 is 4.74 Å². The molecule has 1 aromatic rings. The third-order valence-electron chi connectivity index (χ3n) is 1.37. The molecule has 0 spiro atoms. The molecule has 1 aromatic carbocycles. The van der Waals surface area contributed by atoms with Crippen LogP contribution < -0.4 is 4.74 Å². The first kappa shape index (κ1) is 9.44. The van der Waals surface area contributed by atoms with E-state index in [4.69, 9.17) is 4.74 Å². The Bertz CT molecular complexity index is 327. The van der Waals surface area contributed by atoms with E-state index in [1.807, 2.05) is 0 Å². The summed E-state index contributed by atoms with van der Waals surface area (Å²) in [5.41, 5.74) is -0.291. The molecule has 0 aliphatic carbocycles. The maximum absolute atomic E-state index is 12.9. The molecule has 0 fully saturated rings. The monoisotopic (exact) mass is 184 g/mol. The van der Waals surface area contributed by atoms with Gasteiger partial charge in [0.15, 0.2) is 11.6 Å². The Hall–Kier alpha value is -1.65. The molecule has 0 saturated heterocycles. The molecule has 0 amide bonds. The second-order valence-electron chi connectivity index (χ2n) is 2.23. The first-order valence-electron chi connectivity index (χ1n) is 3.53. The van der Waals surface area contributed by atoms with Crippen LogP contribution in [0, 0.1) is 22.5 Å². The molecule has 13 heavy (non-hydrogen) atoms. The minimum Gasteiger partial charge on any atom is -0.484 e. The Labute approximate surface area is 74.1 Å². The van der Waals surface area contributed by atoms with E-state index in [2.05, 4.69) is 0 Å². The molecule has 0 aromatic heterocycles. The van der Waals surface area contributed by atoms with Gasteiger partial charge in [-0.2, -0.15) is 0 Å². The topological polar surface area (TPSA) is 52.4 Å². The van der Waals surface area contributed by atoms with Crippen molar-refractivity contribution in [2.75, 3.05) is 0 Å². The average Bonchev–Trinajstić information content (AvgIpc) is 2.08. The van der Waals surface area contributed by atoms with E-state index in [-0.39, 0.29) is 11.4 Å². The van der Waals surface area contributed by atoms with Gasteiger partial charge in [-0.3, -0.25) is 10.1 Å². The summed E-state index contributed by atoms with van der Waals surface area (Å²) in [7, 11) is 0. The average molecular weight is 184 g/mol. The smallest absolute Gasteiger partial charge is 0.272 e. The van der Waals surface area contributed by atoms with Crippen LogP contribution in [0.1, 0.15) is 6.92 Å². The summed E-state index contributed by atoms with van der Waals surface area (Å²) in [5.74, 6) is -0.764. The molecule has 0 atom stereocenters. The number of nitro groups is 1. The van der Waals surface area contributed by atoms with Gasteiger partial charge >= 0.3 is 0 Å². The summed E-state index contributed by atoms with van der Waals surface area (Å²) >= 11 is 0. The number of ether oxygens (including phenoxy) is 1. The lowest BCUT2D eigenvalue weighted by atomic mass is 10.3. The lowest BCUT2D eigenvalue weighted by Crippen LogP contribution is -1.93. The summed E-state index contributed by atoms with van der Waals surface area (Å²) < 4.78 is 17.7. The zero-order valence-electron chi connectivity index (χ0n) is 6.86. The highest BCUT2D eigenvalue weighted by atomic mass is 19.1. The number of rotatable bonds is 3. The van der Waals surface area contributed by atoms with Crippen molar-refractivity contribution < 1.29 is 14.1 Å². The van der Waals surface area contributed by atoms with Crippen LogP contribution in [0.15, 0.2) is 18.2 Å². The fraction of sp³-hybridized carbons (Fsp3) is 0.125. The number of halogens is 1. The molecule has 0 heterocycles. The largest absolute Gasteiger partial charge is 0.484 e. The van der Waals surface area contributed by atoms with Crippen molar-refractivity contribution in [3.8, 4) is 5.75 Å². The number of nitro benzene ring substituents is 1. The van der Waals surface area contributed by atoms with Crippen LogP contribution in [0.3, 0.4) is 0 Å². The summed E-state index contributed by atoms with van der Waals surface area (Å²) in [6.07, 6.45) is 0. The van der Waals surface area contributed by atoms with Gasteiger partial charge in [0.1, 0.15) is 6.61 Å². The van der Waals surface area contributed by atoms with E-state index < -0.39 is 10.7 Å². The Balaban J connectivity index is 2.98. The van der Waals surface area contributed by atoms with Gasteiger partial charge in [0.2, 0.25) is 0 Å². The Morgan fingerprint density at radius 1 is 1.62 bits per heavy atom. The third-order valence-corrected chi connectivity index (χ3v) is 1.37. The second kappa shape index (κ2) is 3.84. The van der Waals surface area contributed by atoms with Crippen LogP contribution >= 0.6 is 0 Å². The number of benzene rings is 1. The van der Waals surface area contributed by atoms with E-state index in [1.54, 1.807) is 6.92 Å². The molecule has 0 saturated carbocycles. The molecule has 0 unspecified atom stereocenters. The fourth-order valence-electron chi connectivity index (χ4n) is 0.826. The first-order chi connectivity index (χ1) is 6.15. The van der Waals surface area contributed by atoms with Crippen molar-refractivity contribution in [1.29, 1.82) is 0 Å². The molecular weight excluding hydrogens is 177 g/mol. The predicted molar refractivity (Wildman–Crippen MR) is 43.7 cm³/mol. The van der Waals surface area contributed by atoms with Crippen molar-refractivity contribution in [3.63, 3.8) is 0 Å². The molecular formula is C8H7FNO3. The van der Waals surface area contributed by atoms with Crippen molar-refractivity contribution in [3.05, 3.63) is 40.7 Å². The van der Waals surface area contributed by atoms with Crippen LogP contribution in [0.25, 0.3) is 0 Å². The quantitative estimate of drug-likeness (QED) is 0.535. The minimum atomic E-state index is -0.743. The van der Waals surface area contributed by atoms with E-state index in [0.717, 1.165) is 6.07 Å². The Kier molecular flexibility index (Phi) is 2.79. The normalized spacial score (nSPS) is 9.69. The van der Waals surface area contributed by atoms with E-state index in [1.165, 1.54) is 18.7 Å². The standard InChI is InChI=1S/C8H7FNO3/c1-2-13-8-4-3-6(10(11)12)5-7(8)9/h2-5H,1H3. The summed E-state index contributed by atoms with van der Waals surface area (Å²) in [6.45, 7) is 2.88. The number of hydrogen-bond acceptors (Lipinski definition) is 3. The highest BCUT2D eigenvalue weighted by Gasteiger charge is 2.10. The summed E-state index contributed by atoms with van der Waals surface area (Å²) in [6, 6.07) is 3.22. The van der Waals surface area contributed by atoms with E-state index >= 15 is 0 Å². The Morgan fingerprint density at radius 2 is 2.31 bits per heavy atom. The van der Waals surface area contributed by atoms with Crippen LogP contribution in [0.4, 0.5) is 10.1 Å². The fourth-order valence-corrected chi connectivity index (χ4v) is 0.826. The minimum absolute atomic E-state index is 0.0203. The van der Waals surface area contributed by atoms with Gasteiger partial charge in [0.25, 0.3) is 5.69 Å². The van der Waals surface area contributed by atoms with Crippen LogP contribution in [0.5, 0.6) is 5.75 Å². The Morgan fingerprint density at radius 3 is 2.77 bits per heavy atom. The molecule has 0 bridgehead atoms. The maximum atomic E-state index is 12.9. The van der Waals surface area contributed by atoms with Crippen molar-refractivity contribution in [1.82, 2.24) is 0 Å². The highest BCUT2D eigenvalue weighted by molar-refractivity contribution is 5.37. The lowest BCUT2D eigenvalue weighted by molar-refractivity contribution is -0.385. The van der Waals surface area contributed by atoms with Gasteiger partial charge in [-0.05, 0) is 13.0 Å². The van der Waals surface area contributed by atoms with E-state index in [9.17, 15) is 14.5 Å². The van der Waals surface area contributed by atoms with Crippen LogP contribution in [0.2, 0.25) is 0 Å². The molecule has 5 heteroatoms. The van der Waals surface area contributed by atoms with Gasteiger partial charge in [-0.1, -0.05) is 0 Å². The zero-order chi connectivity index (χ0) is 9.84. The molecule has 1 rings (SSSR count). The molecule has 1 radical (unpaired) electrons. The second-order valence-corrected chi connectivity index (χ2v) is 2.23. The molecule has 4 nitrogen and oxygen atoms in total. The van der Waals surface area contributed by atoms with Gasteiger partial charge in [0.05, 0.1) is 11.0 Å². The number of nitrogens with zero attached hydrogens (tertiary/aromatic N) is 1. The molecule has 69 valence electrons. The van der Waals surface area contributed by atoms with Crippen LogP contribution in [-0.2, 0) is 0 Å². The zero-order valence-corrected chi connectivity index (χ0v) is 6.86. The SMILES string of the molecule is C[CH]Oc1ccc([N+](=O)[O-])cc1F. The maximum Gasteiger partial charge on any atom is 0.272 e. The third kappa shape index (κ3) is 2.14. The summed E-state index contributed by atoms with van der Waals surface area (Å²) in [5, 5.41) is 10.2. The highest BCUT2D eigenvalue weighted by Crippen LogP contribution is 2.22. The molecule has 0 aliphatic rings. The van der Waals surface area contributed by atoms with E-state index in [0.29, 0.717) is 0 Å². The predicted octanol–water partition coefficient (Wildman–Crippen LogP) is 2.29. The first-order valence-corrected chi connectivity index (χ1v) is 3.53. The van der Waals surface area contributed by atoms with Crippen molar-refractivity contribution in [2.45, 2.75) is 6.92 Å². The van der Waals surface area contributed by atoms with Gasteiger partial charge in [0, 0.05) is 6.07 Å². The van der Waals surface area contributed by atoms with Crippen LogP contribution in [-0.4, -0.2) is 4.92 Å². The molecule has 0 aliphatic heterocycles.